The minimum Gasteiger partial charge on any atom is -0.362 e. The van der Waals surface area contributed by atoms with E-state index >= 15 is 0 Å². The average Bonchev–Trinajstić information content (AvgIpc) is 2.55. The van der Waals surface area contributed by atoms with Crippen molar-refractivity contribution in [3.63, 3.8) is 0 Å². The Labute approximate surface area is 165 Å². The zero-order valence-electron chi connectivity index (χ0n) is 14.0. The molecule has 0 aromatic heterocycles. The second-order valence-corrected chi connectivity index (χ2v) is 7.54. The number of alkyl halides is 3. The molecule has 2 N–H and O–H groups in total. The number of thioether (sulfide) groups is 1. The predicted octanol–water partition coefficient (Wildman–Crippen LogP) is 5.89. The summed E-state index contributed by atoms with van der Waals surface area (Å²) >= 11 is 12.5. The molecule has 26 heavy (non-hydrogen) atoms. The fourth-order valence-electron chi connectivity index (χ4n) is 2.22. The molecule has 0 amide bonds. The Kier molecular flexibility index (Phi) is 7.61. The lowest BCUT2D eigenvalue weighted by atomic mass is 10.2. The highest BCUT2D eigenvalue weighted by atomic mass is 35.5. The van der Waals surface area contributed by atoms with E-state index in [1.54, 1.807) is 11.8 Å². The summed E-state index contributed by atoms with van der Waals surface area (Å²) in [7, 11) is 0. The normalized spacial score (nSPS) is 11.3. The van der Waals surface area contributed by atoms with Gasteiger partial charge >= 0.3 is 6.18 Å². The molecule has 0 saturated heterocycles. The van der Waals surface area contributed by atoms with Crippen molar-refractivity contribution < 1.29 is 13.2 Å². The molecule has 0 fully saturated rings. The Balaban J connectivity index is 1.75. The van der Waals surface area contributed by atoms with Crippen LogP contribution >= 0.6 is 35.6 Å². The molecule has 0 bridgehead atoms. The maximum absolute atomic E-state index is 12.9. The van der Waals surface area contributed by atoms with Gasteiger partial charge in [-0.1, -0.05) is 41.4 Å². The molecule has 0 unspecified atom stereocenters. The van der Waals surface area contributed by atoms with Gasteiger partial charge in [0.05, 0.1) is 10.6 Å². The zero-order chi connectivity index (χ0) is 19.2. The van der Waals surface area contributed by atoms with E-state index in [9.17, 15) is 13.2 Å². The fourth-order valence-corrected chi connectivity index (χ4v) is 3.47. The second kappa shape index (κ2) is 9.48. The van der Waals surface area contributed by atoms with Gasteiger partial charge in [0.15, 0.2) is 5.11 Å². The summed E-state index contributed by atoms with van der Waals surface area (Å²) in [5, 5.41) is 5.67. The number of aryl methyl sites for hydroxylation is 1. The van der Waals surface area contributed by atoms with Gasteiger partial charge in [0.2, 0.25) is 0 Å². The Morgan fingerprint density at radius 3 is 2.65 bits per heavy atom. The van der Waals surface area contributed by atoms with Crippen LogP contribution < -0.4 is 10.6 Å². The van der Waals surface area contributed by atoms with Crippen LogP contribution in [0.15, 0.2) is 42.5 Å². The predicted molar refractivity (Wildman–Crippen MR) is 108 cm³/mol. The SMILES string of the molecule is Cc1cccc(CSCCNC(=S)Nc2ccc(Cl)c(C(F)(F)F)c2)c1. The highest BCUT2D eigenvalue weighted by molar-refractivity contribution is 7.98. The number of benzene rings is 2. The van der Waals surface area contributed by atoms with Crippen LogP contribution in [0.2, 0.25) is 5.02 Å². The Morgan fingerprint density at radius 1 is 1.19 bits per heavy atom. The summed E-state index contributed by atoms with van der Waals surface area (Å²) in [6.45, 7) is 2.67. The number of rotatable bonds is 6. The van der Waals surface area contributed by atoms with Crippen molar-refractivity contribution in [1.29, 1.82) is 0 Å². The molecule has 0 atom stereocenters. The van der Waals surface area contributed by atoms with Gasteiger partial charge in [0.25, 0.3) is 0 Å². The minimum atomic E-state index is -4.50. The van der Waals surface area contributed by atoms with E-state index in [-0.39, 0.29) is 15.8 Å². The van der Waals surface area contributed by atoms with E-state index in [0.29, 0.717) is 6.54 Å². The number of nitrogens with one attached hydrogen (secondary N) is 2. The van der Waals surface area contributed by atoms with Crippen molar-refractivity contribution >= 4 is 46.4 Å². The third-order valence-electron chi connectivity index (χ3n) is 3.41. The molecule has 2 rings (SSSR count). The summed E-state index contributed by atoms with van der Waals surface area (Å²) < 4.78 is 38.6. The molecule has 0 aliphatic rings. The van der Waals surface area contributed by atoms with Gasteiger partial charge in [0.1, 0.15) is 0 Å². The Bertz CT molecular complexity index is 766. The lowest BCUT2D eigenvalue weighted by molar-refractivity contribution is -0.137. The molecular formula is C18H18ClF3N2S2. The molecule has 0 radical (unpaired) electrons. The van der Waals surface area contributed by atoms with Crippen LogP contribution in [0.5, 0.6) is 0 Å². The van der Waals surface area contributed by atoms with Crippen molar-refractivity contribution in [3.8, 4) is 0 Å². The van der Waals surface area contributed by atoms with E-state index in [1.807, 2.05) is 6.07 Å². The first kappa shape index (κ1) is 20.9. The van der Waals surface area contributed by atoms with Gasteiger partial charge in [-0.05, 0) is 42.9 Å². The van der Waals surface area contributed by atoms with Gasteiger partial charge in [-0.3, -0.25) is 0 Å². The van der Waals surface area contributed by atoms with Gasteiger partial charge in [-0.2, -0.15) is 24.9 Å². The molecule has 8 heteroatoms. The van der Waals surface area contributed by atoms with E-state index in [4.69, 9.17) is 23.8 Å². The molecule has 2 nitrogen and oxygen atoms in total. The molecule has 140 valence electrons. The molecular weight excluding hydrogens is 401 g/mol. The van der Waals surface area contributed by atoms with Crippen molar-refractivity contribution in [2.75, 3.05) is 17.6 Å². The lowest BCUT2D eigenvalue weighted by Crippen LogP contribution is -2.30. The van der Waals surface area contributed by atoms with Gasteiger partial charge in [0, 0.05) is 23.7 Å². The van der Waals surface area contributed by atoms with Crippen LogP contribution in [-0.2, 0) is 11.9 Å². The van der Waals surface area contributed by atoms with E-state index in [2.05, 4.69) is 35.8 Å². The monoisotopic (exact) mass is 418 g/mol. The van der Waals surface area contributed by atoms with Gasteiger partial charge < -0.3 is 10.6 Å². The van der Waals surface area contributed by atoms with Crippen LogP contribution in [0, 0.1) is 6.92 Å². The topological polar surface area (TPSA) is 24.1 Å². The summed E-state index contributed by atoms with van der Waals surface area (Å²) in [5.74, 6) is 1.72. The van der Waals surface area contributed by atoms with E-state index in [0.717, 1.165) is 17.6 Å². The molecule has 0 spiro atoms. The summed E-state index contributed by atoms with van der Waals surface area (Å²) in [5.41, 5.74) is 1.84. The highest BCUT2D eigenvalue weighted by Crippen LogP contribution is 2.36. The smallest absolute Gasteiger partial charge is 0.362 e. The van der Waals surface area contributed by atoms with Crippen molar-refractivity contribution in [3.05, 3.63) is 64.2 Å². The number of hydrogen-bond acceptors (Lipinski definition) is 2. The maximum Gasteiger partial charge on any atom is 0.417 e. The van der Waals surface area contributed by atoms with Crippen LogP contribution in [-0.4, -0.2) is 17.4 Å². The summed E-state index contributed by atoms with van der Waals surface area (Å²) in [6, 6.07) is 11.9. The quantitative estimate of drug-likeness (QED) is 0.451. The second-order valence-electron chi connectivity index (χ2n) is 5.61. The number of hydrogen-bond donors (Lipinski definition) is 2. The number of halogens is 4. The number of anilines is 1. The van der Waals surface area contributed by atoms with Gasteiger partial charge in [-0.25, -0.2) is 0 Å². The van der Waals surface area contributed by atoms with Crippen LogP contribution in [0.4, 0.5) is 18.9 Å². The zero-order valence-corrected chi connectivity index (χ0v) is 16.4. The largest absolute Gasteiger partial charge is 0.417 e. The number of thiocarbonyl (C=S) groups is 1. The molecule has 0 aliphatic carbocycles. The average molecular weight is 419 g/mol. The van der Waals surface area contributed by atoms with Crippen molar-refractivity contribution in [1.82, 2.24) is 5.32 Å². The Morgan fingerprint density at radius 2 is 1.96 bits per heavy atom. The lowest BCUT2D eigenvalue weighted by Gasteiger charge is -2.14. The first-order chi connectivity index (χ1) is 12.3. The van der Waals surface area contributed by atoms with Crippen molar-refractivity contribution in [2.45, 2.75) is 18.9 Å². The Hall–Kier alpha value is -1.44. The highest BCUT2D eigenvalue weighted by Gasteiger charge is 2.33. The molecule has 0 saturated carbocycles. The van der Waals surface area contributed by atoms with E-state index < -0.39 is 11.7 Å². The maximum atomic E-state index is 12.9. The first-order valence-corrected chi connectivity index (χ1v) is 9.74. The third kappa shape index (κ3) is 6.70. The van der Waals surface area contributed by atoms with Crippen LogP contribution in [0.3, 0.4) is 0 Å². The standard InChI is InChI=1S/C18H18ClF3N2S2/c1-12-3-2-4-13(9-12)11-26-8-7-23-17(25)24-14-5-6-16(19)15(10-14)18(20,21)22/h2-6,9-10H,7-8,11H2,1H3,(H2,23,24,25). The molecule has 0 heterocycles. The molecule has 0 aliphatic heterocycles. The first-order valence-electron chi connectivity index (χ1n) is 7.80. The van der Waals surface area contributed by atoms with Gasteiger partial charge in [-0.15, -0.1) is 0 Å². The minimum absolute atomic E-state index is 0.242. The summed E-state index contributed by atoms with van der Waals surface area (Å²) in [4.78, 5) is 0. The van der Waals surface area contributed by atoms with Crippen LogP contribution in [0.1, 0.15) is 16.7 Å². The third-order valence-corrected chi connectivity index (χ3v) is 5.02. The summed E-state index contributed by atoms with van der Waals surface area (Å²) in [6.07, 6.45) is -4.50. The fraction of sp³-hybridized carbons (Fsp3) is 0.278. The van der Waals surface area contributed by atoms with E-state index in [1.165, 1.54) is 23.3 Å². The molecule has 2 aromatic rings. The van der Waals surface area contributed by atoms with Crippen LogP contribution in [0.25, 0.3) is 0 Å². The molecule has 2 aromatic carbocycles. The van der Waals surface area contributed by atoms with Crippen molar-refractivity contribution in [2.24, 2.45) is 0 Å².